The third-order valence-corrected chi connectivity index (χ3v) is 3.46. The molecule has 0 aromatic heterocycles. The van der Waals surface area contributed by atoms with E-state index in [-0.39, 0.29) is 18.4 Å². The van der Waals surface area contributed by atoms with Crippen LogP contribution in [0, 0.1) is 0 Å². The second-order valence-electron chi connectivity index (χ2n) is 5.11. The first-order valence-corrected chi connectivity index (χ1v) is 7.58. The van der Waals surface area contributed by atoms with Crippen LogP contribution in [0.3, 0.4) is 0 Å². The standard InChI is InChI=1S/C18H21N3O3/c1-19-18(23)15-8-3-4-9-16(15)20-12-17(22)21-11-13-6-5-7-14(10-13)24-2/h3-10,20H,11-12H2,1-2H3,(H,19,23)(H,21,22). The molecule has 0 radical (unpaired) electrons. The molecule has 2 aromatic carbocycles. The molecule has 2 amide bonds. The topological polar surface area (TPSA) is 79.5 Å². The first-order chi connectivity index (χ1) is 11.6. The number of anilines is 1. The molecule has 126 valence electrons. The lowest BCUT2D eigenvalue weighted by Gasteiger charge is -2.11. The van der Waals surface area contributed by atoms with Crippen LogP contribution in [-0.2, 0) is 11.3 Å². The van der Waals surface area contributed by atoms with Crippen LogP contribution < -0.4 is 20.7 Å². The highest BCUT2D eigenvalue weighted by molar-refractivity contribution is 5.99. The van der Waals surface area contributed by atoms with Gasteiger partial charge in [-0.25, -0.2) is 0 Å². The number of amides is 2. The van der Waals surface area contributed by atoms with Crippen molar-refractivity contribution in [2.24, 2.45) is 0 Å². The quantitative estimate of drug-likeness (QED) is 0.724. The number of ether oxygens (including phenoxy) is 1. The molecule has 0 atom stereocenters. The molecule has 6 heteroatoms. The predicted octanol–water partition coefficient (Wildman–Crippen LogP) is 1.78. The number of nitrogens with one attached hydrogen (secondary N) is 3. The summed E-state index contributed by atoms with van der Waals surface area (Å²) in [6.45, 7) is 0.493. The summed E-state index contributed by atoms with van der Waals surface area (Å²) in [4.78, 5) is 23.8. The molecule has 0 unspecified atom stereocenters. The van der Waals surface area contributed by atoms with E-state index in [0.717, 1.165) is 11.3 Å². The molecule has 0 saturated heterocycles. The van der Waals surface area contributed by atoms with Crippen molar-refractivity contribution < 1.29 is 14.3 Å². The van der Waals surface area contributed by atoms with Crippen molar-refractivity contribution in [3.63, 3.8) is 0 Å². The minimum absolute atomic E-state index is 0.0813. The van der Waals surface area contributed by atoms with Crippen LogP contribution in [-0.4, -0.2) is 32.5 Å². The molecule has 0 heterocycles. The highest BCUT2D eigenvalue weighted by Crippen LogP contribution is 2.14. The van der Waals surface area contributed by atoms with E-state index in [9.17, 15) is 9.59 Å². The second kappa shape index (κ2) is 8.57. The van der Waals surface area contributed by atoms with E-state index in [0.29, 0.717) is 17.8 Å². The highest BCUT2D eigenvalue weighted by Gasteiger charge is 2.10. The van der Waals surface area contributed by atoms with Crippen LogP contribution >= 0.6 is 0 Å². The average Bonchev–Trinajstić information content (AvgIpc) is 2.64. The van der Waals surface area contributed by atoms with Gasteiger partial charge in [-0.1, -0.05) is 24.3 Å². The van der Waals surface area contributed by atoms with E-state index in [2.05, 4.69) is 16.0 Å². The van der Waals surface area contributed by atoms with Crippen LogP contribution in [0.2, 0.25) is 0 Å². The normalized spacial score (nSPS) is 9.92. The van der Waals surface area contributed by atoms with Gasteiger partial charge in [-0.05, 0) is 29.8 Å². The monoisotopic (exact) mass is 327 g/mol. The van der Waals surface area contributed by atoms with Crippen molar-refractivity contribution in [2.75, 3.05) is 26.0 Å². The van der Waals surface area contributed by atoms with Gasteiger partial charge in [-0.2, -0.15) is 0 Å². The van der Waals surface area contributed by atoms with Crippen LogP contribution in [0.1, 0.15) is 15.9 Å². The number of carbonyl (C=O) groups excluding carboxylic acids is 2. The molecule has 0 aliphatic heterocycles. The lowest BCUT2D eigenvalue weighted by Crippen LogP contribution is -2.30. The molecule has 0 spiro atoms. The molecule has 24 heavy (non-hydrogen) atoms. The maximum absolute atomic E-state index is 12.0. The third kappa shape index (κ3) is 4.74. The first kappa shape index (κ1) is 17.3. The van der Waals surface area contributed by atoms with Crippen LogP contribution in [0.25, 0.3) is 0 Å². The molecule has 0 aliphatic carbocycles. The van der Waals surface area contributed by atoms with E-state index >= 15 is 0 Å². The van der Waals surface area contributed by atoms with Gasteiger partial charge in [-0.15, -0.1) is 0 Å². The van der Waals surface area contributed by atoms with Gasteiger partial charge in [-0.3, -0.25) is 9.59 Å². The Labute approximate surface area is 141 Å². The van der Waals surface area contributed by atoms with Crippen molar-refractivity contribution in [1.82, 2.24) is 10.6 Å². The molecular formula is C18H21N3O3. The number of carbonyl (C=O) groups is 2. The summed E-state index contributed by atoms with van der Waals surface area (Å²) in [7, 11) is 3.17. The lowest BCUT2D eigenvalue weighted by molar-refractivity contribution is -0.119. The first-order valence-electron chi connectivity index (χ1n) is 7.58. The number of para-hydroxylation sites is 1. The molecule has 0 aliphatic rings. The fourth-order valence-electron chi connectivity index (χ4n) is 2.19. The largest absolute Gasteiger partial charge is 0.497 e. The molecule has 0 saturated carbocycles. The van der Waals surface area contributed by atoms with E-state index in [1.54, 1.807) is 32.4 Å². The minimum Gasteiger partial charge on any atom is -0.497 e. The van der Waals surface area contributed by atoms with Crippen LogP contribution in [0.4, 0.5) is 5.69 Å². The number of hydrogen-bond acceptors (Lipinski definition) is 4. The summed E-state index contributed by atoms with van der Waals surface area (Å²) in [5, 5.41) is 8.39. The Hall–Kier alpha value is -3.02. The average molecular weight is 327 g/mol. The van der Waals surface area contributed by atoms with Crippen molar-refractivity contribution >= 4 is 17.5 Å². The molecule has 3 N–H and O–H groups in total. The Kier molecular flexibility index (Phi) is 6.19. The Bertz CT molecular complexity index is 716. The fourth-order valence-corrected chi connectivity index (χ4v) is 2.19. The molecule has 2 rings (SSSR count). The van der Waals surface area contributed by atoms with E-state index in [1.165, 1.54) is 0 Å². The number of rotatable bonds is 7. The summed E-state index contributed by atoms with van der Waals surface area (Å²) < 4.78 is 5.15. The van der Waals surface area contributed by atoms with Gasteiger partial charge in [0, 0.05) is 19.3 Å². The Morgan fingerprint density at radius 2 is 1.88 bits per heavy atom. The molecule has 0 fully saturated rings. The second-order valence-corrected chi connectivity index (χ2v) is 5.11. The zero-order valence-corrected chi connectivity index (χ0v) is 13.8. The Morgan fingerprint density at radius 1 is 1.08 bits per heavy atom. The zero-order valence-electron chi connectivity index (χ0n) is 13.8. The van der Waals surface area contributed by atoms with E-state index in [4.69, 9.17) is 4.74 Å². The van der Waals surface area contributed by atoms with Gasteiger partial charge >= 0.3 is 0 Å². The smallest absolute Gasteiger partial charge is 0.253 e. The Balaban J connectivity index is 1.88. The van der Waals surface area contributed by atoms with Crippen molar-refractivity contribution in [1.29, 1.82) is 0 Å². The fraction of sp³-hybridized carbons (Fsp3) is 0.222. The summed E-state index contributed by atoms with van der Waals surface area (Å²) >= 11 is 0. The summed E-state index contributed by atoms with van der Waals surface area (Å²) in [6, 6.07) is 14.6. The number of methoxy groups -OCH3 is 1. The lowest BCUT2D eigenvalue weighted by atomic mass is 10.1. The maximum atomic E-state index is 12.0. The summed E-state index contributed by atoms with van der Waals surface area (Å²) in [5.74, 6) is 0.388. The van der Waals surface area contributed by atoms with Gasteiger partial charge in [0.1, 0.15) is 5.75 Å². The van der Waals surface area contributed by atoms with Gasteiger partial charge in [0.05, 0.1) is 19.2 Å². The minimum atomic E-state index is -0.199. The van der Waals surface area contributed by atoms with Crippen LogP contribution in [0.5, 0.6) is 5.75 Å². The molecule has 0 bridgehead atoms. The number of hydrogen-bond donors (Lipinski definition) is 3. The van der Waals surface area contributed by atoms with Crippen molar-refractivity contribution in [2.45, 2.75) is 6.54 Å². The van der Waals surface area contributed by atoms with Gasteiger partial charge in [0.25, 0.3) is 5.91 Å². The molecular weight excluding hydrogens is 306 g/mol. The van der Waals surface area contributed by atoms with Crippen molar-refractivity contribution in [3.05, 3.63) is 59.7 Å². The van der Waals surface area contributed by atoms with Gasteiger partial charge < -0.3 is 20.7 Å². The third-order valence-electron chi connectivity index (χ3n) is 3.46. The van der Waals surface area contributed by atoms with Crippen LogP contribution in [0.15, 0.2) is 48.5 Å². The summed E-state index contributed by atoms with van der Waals surface area (Å²) in [6.07, 6.45) is 0. The van der Waals surface area contributed by atoms with Gasteiger partial charge in [0.15, 0.2) is 0 Å². The summed E-state index contributed by atoms with van der Waals surface area (Å²) in [5.41, 5.74) is 2.07. The highest BCUT2D eigenvalue weighted by atomic mass is 16.5. The SMILES string of the molecule is CNC(=O)c1ccccc1NCC(=O)NCc1cccc(OC)c1. The molecule has 6 nitrogen and oxygen atoms in total. The maximum Gasteiger partial charge on any atom is 0.253 e. The van der Waals surface area contributed by atoms with Crippen molar-refractivity contribution in [3.8, 4) is 5.75 Å². The van der Waals surface area contributed by atoms with Gasteiger partial charge in [0.2, 0.25) is 5.91 Å². The number of benzene rings is 2. The Morgan fingerprint density at radius 3 is 2.62 bits per heavy atom. The van der Waals surface area contributed by atoms with E-state index in [1.807, 2.05) is 30.3 Å². The zero-order chi connectivity index (χ0) is 17.4. The van der Waals surface area contributed by atoms with E-state index < -0.39 is 0 Å². The molecule has 2 aromatic rings. The predicted molar refractivity (Wildman–Crippen MR) is 93.2 cm³/mol.